The summed E-state index contributed by atoms with van der Waals surface area (Å²) in [5.74, 6) is 2.33. The first-order valence-corrected chi connectivity index (χ1v) is 17.6. The smallest absolute Gasteiger partial charge is 0.410 e. The van der Waals surface area contributed by atoms with Crippen molar-refractivity contribution in [1.82, 2.24) is 35.1 Å². The number of imidazole rings is 1. The van der Waals surface area contributed by atoms with Crippen LogP contribution >= 0.6 is 0 Å². The Morgan fingerprint density at radius 2 is 1.75 bits per heavy atom. The zero-order valence-electron chi connectivity index (χ0n) is 28.6. The van der Waals surface area contributed by atoms with Crippen molar-refractivity contribution in [3.63, 3.8) is 0 Å². The van der Waals surface area contributed by atoms with Crippen molar-refractivity contribution in [2.75, 3.05) is 38.2 Å². The van der Waals surface area contributed by atoms with Gasteiger partial charge in [-0.1, -0.05) is 0 Å². The number of hydrogen-bond acceptors (Lipinski definition) is 11. The van der Waals surface area contributed by atoms with Gasteiger partial charge in [0.1, 0.15) is 11.9 Å². The van der Waals surface area contributed by atoms with Gasteiger partial charge in [-0.05, 0) is 96.3 Å². The summed E-state index contributed by atoms with van der Waals surface area (Å²) in [7, 11) is 1.39. The highest BCUT2D eigenvalue weighted by Crippen LogP contribution is 2.58. The Hall–Kier alpha value is -3.97. The first kappa shape index (κ1) is 32.6. The predicted molar refractivity (Wildman–Crippen MR) is 178 cm³/mol. The molecule has 14 nitrogen and oxygen atoms in total. The molecule has 2 aromatic rings. The fraction of sp³-hybridized carbons (Fsp3) is 0.735. The van der Waals surface area contributed by atoms with Crippen LogP contribution in [0.3, 0.4) is 0 Å². The van der Waals surface area contributed by atoms with Gasteiger partial charge in [-0.3, -0.25) is 20.0 Å². The number of esters is 1. The van der Waals surface area contributed by atoms with E-state index < -0.39 is 29.2 Å². The molecule has 8 rings (SSSR count). The minimum absolute atomic E-state index is 0.0118. The van der Waals surface area contributed by atoms with Crippen LogP contribution in [-0.4, -0.2) is 98.8 Å². The summed E-state index contributed by atoms with van der Waals surface area (Å²) in [6.07, 6.45) is 11.2. The number of hydrogen-bond donors (Lipinski definition) is 2. The lowest BCUT2D eigenvalue weighted by Gasteiger charge is -2.60. The van der Waals surface area contributed by atoms with Crippen molar-refractivity contribution in [2.24, 2.45) is 28.7 Å². The molecule has 48 heavy (non-hydrogen) atoms. The summed E-state index contributed by atoms with van der Waals surface area (Å²) in [6, 6.07) is -0.929. The van der Waals surface area contributed by atoms with Gasteiger partial charge >= 0.3 is 12.1 Å². The second-order valence-electron chi connectivity index (χ2n) is 15.6. The summed E-state index contributed by atoms with van der Waals surface area (Å²) in [6.45, 7) is 8.46. The van der Waals surface area contributed by atoms with E-state index in [1.165, 1.54) is 32.7 Å². The summed E-state index contributed by atoms with van der Waals surface area (Å²) in [4.78, 5) is 63.0. The average molecular weight is 664 g/mol. The number of rotatable bonds is 7. The Morgan fingerprint density at radius 1 is 1.06 bits per heavy atom. The van der Waals surface area contributed by atoms with Gasteiger partial charge < -0.3 is 24.3 Å². The van der Waals surface area contributed by atoms with Crippen LogP contribution in [-0.2, 0) is 25.6 Å². The van der Waals surface area contributed by atoms with Crippen molar-refractivity contribution < 1.29 is 23.9 Å². The molecule has 260 valence electrons. The predicted octanol–water partition coefficient (Wildman–Crippen LogP) is 3.26. The minimum Gasteiger partial charge on any atom is -0.458 e. The highest BCUT2D eigenvalue weighted by Gasteiger charge is 2.58. The number of piperidine rings is 1. The molecule has 2 amide bonds. The van der Waals surface area contributed by atoms with E-state index in [1.54, 1.807) is 11.2 Å². The van der Waals surface area contributed by atoms with E-state index in [0.29, 0.717) is 66.6 Å². The van der Waals surface area contributed by atoms with Gasteiger partial charge in [0.05, 0.1) is 20.0 Å². The van der Waals surface area contributed by atoms with Crippen molar-refractivity contribution in [1.29, 1.82) is 0 Å². The van der Waals surface area contributed by atoms with Crippen molar-refractivity contribution in [3.05, 3.63) is 12.7 Å². The van der Waals surface area contributed by atoms with Gasteiger partial charge in [0.25, 0.3) is 0 Å². The van der Waals surface area contributed by atoms with Gasteiger partial charge in [0.15, 0.2) is 29.0 Å². The number of aliphatic imine (C=N–C) groups is 1. The third-order valence-corrected chi connectivity index (χ3v) is 10.9. The molecule has 0 aromatic carbocycles. The third kappa shape index (κ3) is 6.41. The van der Waals surface area contributed by atoms with E-state index in [2.05, 4.69) is 30.5 Å². The number of ether oxygens (including phenoxy) is 2. The Morgan fingerprint density at radius 3 is 2.35 bits per heavy atom. The SMILES string of the molecule is COC(=O)N([C@@H](Cn1cnc2c(N3CCC(C(=O)NC4=NCCCN4)CC3)ncnc21)C(=O)OC(C)(C)C)C12CC3CC(CC(C3)C1)C2. The van der Waals surface area contributed by atoms with Crippen LogP contribution in [0.2, 0.25) is 0 Å². The number of anilines is 1. The Bertz CT molecular complexity index is 1540. The fourth-order valence-electron chi connectivity index (χ4n) is 9.35. The van der Waals surface area contributed by atoms with E-state index in [0.717, 1.165) is 38.8 Å². The highest BCUT2D eigenvalue weighted by atomic mass is 16.6. The second-order valence-corrected chi connectivity index (χ2v) is 15.6. The lowest BCUT2D eigenvalue weighted by molar-refractivity contribution is -0.169. The Labute approximate surface area is 281 Å². The van der Waals surface area contributed by atoms with E-state index in [-0.39, 0.29) is 18.4 Å². The normalized spacial score (nSPS) is 27.6. The van der Waals surface area contributed by atoms with Crippen LogP contribution in [0.15, 0.2) is 17.6 Å². The number of fused-ring (bicyclic) bond motifs is 1. The molecular formula is C34H49N9O5. The monoisotopic (exact) mass is 663 g/mol. The number of nitrogens with one attached hydrogen (secondary N) is 2. The molecule has 4 saturated carbocycles. The van der Waals surface area contributed by atoms with Gasteiger partial charge in [0, 0.05) is 37.6 Å². The molecule has 4 heterocycles. The lowest BCUT2D eigenvalue weighted by Crippen LogP contribution is -2.66. The molecule has 2 aliphatic heterocycles. The minimum atomic E-state index is -0.929. The molecular weight excluding hydrogens is 614 g/mol. The number of nitrogens with zero attached hydrogens (tertiary/aromatic N) is 7. The Balaban J connectivity index is 1.14. The molecule has 1 saturated heterocycles. The zero-order chi connectivity index (χ0) is 33.6. The molecule has 4 aliphatic carbocycles. The average Bonchev–Trinajstić information content (AvgIpc) is 3.46. The van der Waals surface area contributed by atoms with Gasteiger partial charge in [-0.15, -0.1) is 0 Å². The number of carbonyl (C=O) groups excluding carboxylic acids is 3. The summed E-state index contributed by atoms with van der Waals surface area (Å²) in [5.41, 5.74) is -0.00135. The number of methoxy groups -OCH3 is 1. The van der Waals surface area contributed by atoms with Crippen LogP contribution in [0.4, 0.5) is 10.6 Å². The number of guanidine groups is 1. The molecule has 0 radical (unpaired) electrons. The molecule has 1 atom stereocenters. The van der Waals surface area contributed by atoms with Crippen molar-refractivity contribution in [2.45, 2.75) is 102 Å². The lowest BCUT2D eigenvalue weighted by atomic mass is 9.52. The zero-order valence-corrected chi connectivity index (χ0v) is 28.6. The topological polar surface area (TPSA) is 156 Å². The van der Waals surface area contributed by atoms with E-state index >= 15 is 0 Å². The number of carbonyl (C=O) groups is 3. The van der Waals surface area contributed by atoms with Gasteiger partial charge in [-0.25, -0.2) is 24.5 Å². The van der Waals surface area contributed by atoms with Gasteiger partial charge in [-0.2, -0.15) is 0 Å². The quantitative estimate of drug-likeness (QED) is 0.422. The van der Waals surface area contributed by atoms with Gasteiger partial charge in [0.2, 0.25) is 5.91 Å². The largest absolute Gasteiger partial charge is 0.458 e. The molecule has 5 fully saturated rings. The maximum absolute atomic E-state index is 14.1. The standard InChI is InChI=1S/C34H49N9O5/c1-33(2,3)48-30(45)25(43(32(46)47-4)34-15-21-12-22(16-34)14-23(13-21)17-34)18-42-20-39-26-27(37-19-38-28(26)42)41-10-6-24(7-11-41)29(44)40-31-35-8-5-9-36-31/h19-25H,5-18H2,1-4H3,(H2,35,36,40,44)/t21?,22?,23?,25-,34?/m0/s1. The van der Waals surface area contributed by atoms with Crippen molar-refractivity contribution in [3.8, 4) is 0 Å². The van der Waals surface area contributed by atoms with E-state index in [9.17, 15) is 14.4 Å². The van der Waals surface area contributed by atoms with Crippen LogP contribution in [0, 0.1) is 23.7 Å². The summed E-state index contributed by atoms with van der Waals surface area (Å²) in [5, 5.41) is 6.09. The van der Waals surface area contributed by atoms with Crippen LogP contribution in [0.5, 0.6) is 0 Å². The summed E-state index contributed by atoms with van der Waals surface area (Å²) < 4.78 is 13.2. The first-order chi connectivity index (χ1) is 23.0. The van der Waals surface area contributed by atoms with E-state index in [1.807, 2.05) is 25.3 Å². The fourth-order valence-corrected chi connectivity index (χ4v) is 9.35. The molecule has 14 heteroatoms. The maximum atomic E-state index is 14.1. The number of aromatic nitrogens is 4. The summed E-state index contributed by atoms with van der Waals surface area (Å²) >= 11 is 0. The van der Waals surface area contributed by atoms with Crippen molar-refractivity contribution >= 4 is 40.9 Å². The molecule has 2 aromatic heterocycles. The van der Waals surface area contributed by atoms with E-state index in [4.69, 9.17) is 14.5 Å². The molecule has 4 bridgehead atoms. The first-order valence-electron chi connectivity index (χ1n) is 17.6. The Kier molecular flexibility index (Phi) is 8.69. The van der Waals surface area contributed by atoms with Crippen LogP contribution in [0.1, 0.15) is 78.6 Å². The molecule has 0 spiro atoms. The highest BCUT2D eigenvalue weighted by molar-refractivity contribution is 5.98. The molecule has 6 aliphatic rings. The molecule has 0 unspecified atom stereocenters. The molecule has 2 N–H and O–H groups in total. The second kappa shape index (κ2) is 12.8. The maximum Gasteiger partial charge on any atom is 0.410 e. The number of amides is 2. The van der Waals surface area contributed by atoms with Crippen LogP contribution in [0.25, 0.3) is 11.2 Å². The third-order valence-electron chi connectivity index (χ3n) is 10.9. The van der Waals surface area contributed by atoms with Crippen LogP contribution < -0.4 is 15.5 Å².